The molecule has 2 aliphatic heterocycles. The van der Waals surface area contributed by atoms with Gasteiger partial charge in [-0.1, -0.05) is 12.1 Å². The largest absolute Gasteiger partial charge is 0.481 e. The smallest absolute Gasteiger partial charge is 0.308 e. The molecule has 4 nitrogen and oxygen atoms in total. The minimum absolute atomic E-state index is 0.0562. The zero-order valence-corrected chi connectivity index (χ0v) is 13.9. The van der Waals surface area contributed by atoms with Crippen molar-refractivity contribution in [3.63, 3.8) is 0 Å². The van der Waals surface area contributed by atoms with Crippen LogP contribution in [0, 0.1) is 5.92 Å². The van der Waals surface area contributed by atoms with E-state index in [4.69, 9.17) is 5.11 Å². The molecule has 2 aliphatic rings. The van der Waals surface area contributed by atoms with E-state index in [1.165, 1.54) is 23.5 Å². The van der Waals surface area contributed by atoms with Gasteiger partial charge in [0.15, 0.2) is 0 Å². The summed E-state index contributed by atoms with van der Waals surface area (Å²) in [6, 6.07) is 7.82. The lowest BCUT2D eigenvalue weighted by atomic mass is 10.1. The van der Waals surface area contributed by atoms with E-state index in [1.807, 2.05) is 47.8 Å². The van der Waals surface area contributed by atoms with Gasteiger partial charge in [0, 0.05) is 18.7 Å². The minimum atomic E-state index is -0.808. The van der Waals surface area contributed by atoms with Crippen molar-refractivity contribution in [1.29, 1.82) is 0 Å². The maximum Gasteiger partial charge on any atom is 0.308 e. The van der Waals surface area contributed by atoms with Gasteiger partial charge < -0.3 is 10.0 Å². The number of carbonyl (C=O) groups excluding carboxylic acids is 1. The van der Waals surface area contributed by atoms with Crippen LogP contribution in [0.15, 0.2) is 24.3 Å². The maximum absolute atomic E-state index is 12.4. The van der Waals surface area contributed by atoms with Crippen molar-refractivity contribution in [3.8, 4) is 0 Å². The molecular weight excluding hydrogens is 318 g/mol. The molecule has 118 valence electrons. The number of carbonyl (C=O) groups is 2. The van der Waals surface area contributed by atoms with Crippen molar-refractivity contribution >= 4 is 35.4 Å². The van der Waals surface area contributed by atoms with Crippen molar-refractivity contribution in [1.82, 2.24) is 4.90 Å². The molecule has 1 aromatic rings. The maximum atomic E-state index is 12.4. The summed E-state index contributed by atoms with van der Waals surface area (Å²) in [6.07, 6.45) is 1.82. The van der Waals surface area contributed by atoms with Crippen LogP contribution in [0.25, 0.3) is 0 Å². The number of carboxylic acids is 1. The van der Waals surface area contributed by atoms with Crippen LogP contribution in [0.1, 0.15) is 33.3 Å². The first-order valence-corrected chi connectivity index (χ1v) is 9.60. The van der Waals surface area contributed by atoms with Crippen LogP contribution in [0.2, 0.25) is 0 Å². The van der Waals surface area contributed by atoms with E-state index in [9.17, 15) is 9.59 Å². The van der Waals surface area contributed by atoms with Gasteiger partial charge in [0.1, 0.15) is 0 Å². The minimum Gasteiger partial charge on any atom is -0.481 e. The summed E-state index contributed by atoms with van der Waals surface area (Å²) in [4.78, 5) is 25.1. The topological polar surface area (TPSA) is 57.6 Å². The summed E-state index contributed by atoms with van der Waals surface area (Å²) >= 11 is 3.92. The van der Waals surface area contributed by atoms with Gasteiger partial charge in [-0.3, -0.25) is 9.59 Å². The number of benzene rings is 1. The van der Waals surface area contributed by atoms with E-state index in [0.717, 1.165) is 0 Å². The molecule has 2 heterocycles. The van der Waals surface area contributed by atoms with Gasteiger partial charge in [0.2, 0.25) is 0 Å². The molecule has 0 saturated carbocycles. The van der Waals surface area contributed by atoms with Crippen LogP contribution in [-0.2, 0) is 4.79 Å². The van der Waals surface area contributed by atoms with Crippen LogP contribution in [-0.4, -0.2) is 46.5 Å². The molecular formula is C16H19NO3S2. The molecule has 22 heavy (non-hydrogen) atoms. The third kappa shape index (κ3) is 3.43. The Bertz CT molecular complexity index is 555. The molecule has 0 radical (unpaired) electrons. The number of aliphatic carboxylic acids is 1. The van der Waals surface area contributed by atoms with Crippen molar-refractivity contribution < 1.29 is 14.7 Å². The van der Waals surface area contributed by atoms with Gasteiger partial charge in [-0.2, -0.15) is 0 Å². The Morgan fingerprint density at radius 1 is 1.14 bits per heavy atom. The highest BCUT2D eigenvalue weighted by molar-refractivity contribution is 8.16. The van der Waals surface area contributed by atoms with E-state index in [2.05, 4.69) is 0 Å². The summed E-state index contributed by atoms with van der Waals surface area (Å²) < 4.78 is 0.473. The Kier molecular flexibility index (Phi) is 4.98. The quantitative estimate of drug-likeness (QED) is 0.918. The summed E-state index contributed by atoms with van der Waals surface area (Å²) in [5, 5.41) is 9.02. The van der Waals surface area contributed by atoms with Crippen LogP contribution in [0.4, 0.5) is 0 Å². The predicted octanol–water partition coefficient (Wildman–Crippen LogP) is 3.10. The fourth-order valence-corrected chi connectivity index (χ4v) is 5.69. The average molecular weight is 337 g/mol. The molecule has 1 atom stereocenters. The molecule has 1 amide bonds. The highest BCUT2D eigenvalue weighted by Crippen LogP contribution is 2.43. The van der Waals surface area contributed by atoms with Gasteiger partial charge in [0.25, 0.3) is 5.91 Å². The normalized spacial score (nSPS) is 22.7. The van der Waals surface area contributed by atoms with Gasteiger partial charge in [0.05, 0.1) is 10.5 Å². The van der Waals surface area contributed by atoms with Crippen LogP contribution >= 0.6 is 23.5 Å². The molecule has 1 unspecified atom stereocenters. The number of hydrogen-bond donors (Lipinski definition) is 1. The first-order chi connectivity index (χ1) is 10.6. The van der Waals surface area contributed by atoms with E-state index in [-0.39, 0.29) is 5.91 Å². The summed E-state index contributed by atoms with van der Waals surface area (Å²) in [5.41, 5.74) is 1.91. The molecule has 0 aromatic heterocycles. The van der Waals surface area contributed by atoms with E-state index >= 15 is 0 Å². The summed E-state index contributed by atoms with van der Waals surface area (Å²) in [7, 11) is 0. The fraction of sp³-hybridized carbons (Fsp3) is 0.500. The third-order valence-electron chi connectivity index (χ3n) is 4.08. The monoisotopic (exact) mass is 337 g/mol. The molecule has 0 spiro atoms. The van der Waals surface area contributed by atoms with Crippen molar-refractivity contribution in [3.05, 3.63) is 35.4 Å². The summed E-state index contributed by atoms with van der Waals surface area (Å²) in [5.74, 6) is 1.11. The van der Waals surface area contributed by atoms with E-state index in [0.29, 0.717) is 29.7 Å². The second-order valence-corrected chi connectivity index (χ2v) is 8.35. The number of amides is 1. The number of likely N-dealkylation sites (tertiary alicyclic amines) is 1. The van der Waals surface area contributed by atoms with Crippen LogP contribution < -0.4 is 0 Å². The SMILES string of the molecule is O=C(O)C1CCN(C(=O)c2ccc(C3SCCCS3)cc2)C1. The summed E-state index contributed by atoms with van der Waals surface area (Å²) in [6.45, 7) is 0.857. The zero-order valence-electron chi connectivity index (χ0n) is 12.2. The van der Waals surface area contributed by atoms with Crippen LogP contribution in [0.5, 0.6) is 0 Å². The molecule has 6 heteroatoms. The molecule has 1 N–H and O–H groups in total. The van der Waals surface area contributed by atoms with Gasteiger partial charge >= 0.3 is 5.97 Å². The standard InChI is InChI=1S/C16H19NO3S2/c18-14(17-7-6-13(10-17)15(19)20)11-2-4-12(5-3-11)16-21-8-1-9-22-16/h2-5,13,16H,1,6-10H2,(H,19,20). The number of hydrogen-bond acceptors (Lipinski definition) is 4. The number of carboxylic acid groups (broad SMARTS) is 1. The number of thioether (sulfide) groups is 2. The Balaban J connectivity index is 1.65. The Labute approximate surface area is 138 Å². The van der Waals surface area contributed by atoms with E-state index < -0.39 is 11.9 Å². The lowest BCUT2D eigenvalue weighted by Gasteiger charge is -2.21. The second kappa shape index (κ2) is 6.96. The molecule has 0 aliphatic carbocycles. The molecule has 1 aromatic carbocycles. The first-order valence-electron chi connectivity index (χ1n) is 7.50. The third-order valence-corrected chi connectivity index (χ3v) is 7.10. The Morgan fingerprint density at radius 2 is 1.82 bits per heavy atom. The van der Waals surface area contributed by atoms with Crippen molar-refractivity contribution in [2.45, 2.75) is 17.4 Å². The number of rotatable bonds is 3. The Morgan fingerprint density at radius 3 is 2.41 bits per heavy atom. The molecule has 3 rings (SSSR count). The van der Waals surface area contributed by atoms with Crippen molar-refractivity contribution in [2.75, 3.05) is 24.6 Å². The predicted molar refractivity (Wildman–Crippen MR) is 90.4 cm³/mol. The lowest BCUT2D eigenvalue weighted by molar-refractivity contribution is -0.141. The van der Waals surface area contributed by atoms with Gasteiger partial charge in [-0.25, -0.2) is 0 Å². The molecule has 0 bridgehead atoms. The second-order valence-electron chi connectivity index (χ2n) is 5.62. The molecule has 2 fully saturated rings. The lowest BCUT2D eigenvalue weighted by Crippen LogP contribution is -2.29. The average Bonchev–Trinajstić information content (AvgIpc) is 3.05. The van der Waals surface area contributed by atoms with E-state index in [1.54, 1.807) is 4.90 Å². The van der Waals surface area contributed by atoms with Gasteiger partial charge in [-0.15, -0.1) is 23.5 Å². The number of nitrogens with zero attached hydrogens (tertiary/aromatic N) is 1. The fourth-order valence-electron chi connectivity index (χ4n) is 2.79. The Hall–Kier alpha value is -1.14. The zero-order chi connectivity index (χ0) is 15.5. The molecule has 2 saturated heterocycles. The first kappa shape index (κ1) is 15.7. The van der Waals surface area contributed by atoms with Crippen molar-refractivity contribution in [2.24, 2.45) is 5.92 Å². The van der Waals surface area contributed by atoms with Crippen LogP contribution in [0.3, 0.4) is 0 Å². The highest BCUT2D eigenvalue weighted by Gasteiger charge is 2.31. The van der Waals surface area contributed by atoms with Gasteiger partial charge in [-0.05, 0) is 42.0 Å². The highest BCUT2D eigenvalue weighted by atomic mass is 32.2.